The minimum absolute atomic E-state index is 0.107. The van der Waals surface area contributed by atoms with Crippen molar-refractivity contribution < 1.29 is 17.9 Å². The average Bonchev–Trinajstić information content (AvgIpc) is 3.33. The number of aryl methyl sites for hydroxylation is 1. The number of hydrogen-bond donors (Lipinski definition) is 1. The Kier molecular flexibility index (Phi) is 6.12. The summed E-state index contributed by atoms with van der Waals surface area (Å²) in [7, 11) is -3.67. The topological polar surface area (TPSA) is 106 Å². The van der Waals surface area contributed by atoms with Gasteiger partial charge in [-0.25, -0.2) is 18.1 Å². The third kappa shape index (κ3) is 4.66. The Morgan fingerprint density at radius 2 is 2.00 bits per heavy atom. The van der Waals surface area contributed by atoms with Crippen LogP contribution in [-0.2, 0) is 21.3 Å². The summed E-state index contributed by atoms with van der Waals surface area (Å²) in [6.45, 7) is 3.39. The minimum atomic E-state index is -3.67. The van der Waals surface area contributed by atoms with Crippen LogP contribution < -0.4 is 5.32 Å². The van der Waals surface area contributed by atoms with Gasteiger partial charge in [0.2, 0.25) is 10.0 Å². The molecule has 10 heteroatoms. The summed E-state index contributed by atoms with van der Waals surface area (Å²) in [5.41, 5.74) is 1.85. The third-order valence-electron chi connectivity index (χ3n) is 5.06. The molecular weight excluding hydrogens is 418 g/mol. The van der Waals surface area contributed by atoms with Crippen molar-refractivity contribution in [2.75, 3.05) is 26.3 Å². The van der Waals surface area contributed by atoms with Gasteiger partial charge in [-0.05, 0) is 42.3 Å². The maximum Gasteiger partial charge on any atom is 0.251 e. The van der Waals surface area contributed by atoms with E-state index in [0.717, 1.165) is 5.56 Å². The maximum absolute atomic E-state index is 12.9. The smallest absolute Gasteiger partial charge is 0.251 e. The normalized spacial score (nSPS) is 15.0. The van der Waals surface area contributed by atoms with Crippen LogP contribution in [0.25, 0.3) is 5.82 Å². The number of hydrogen-bond acceptors (Lipinski definition) is 6. The highest BCUT2D eigenvalue weighted by molar-refractivity contribution is 7.89. The Balaban J connectivity index is 1.46. The van der Waals surface area contributed by atoms with Crippen molar-refractivity contribution in [2.45, 2.75) is 18.4 Å². The second-order valence-electron chi connectivity index (χ2n) is 7.15. The lowest BCUT2D eigenvalue weighted by Gasteiger charge is -2.26. The van der Waals surface area contributed by atoms with E-state index in [0.29, 0.717) is 43.2 Å². The summed E-state index contributed by atoms with van der Waals surface area (Å²) in [6.07, 6.45) is 5.14. The summed E-state index contributed by atoms with van der Waals surface area (Å²) < 4.78 is 34.1. The molecule has 1 aliphatic heterocycles. The summed E-state index contributed by atoms with van der Waals surface area (Å²) in [6, 6.07) is 10.1. The lowest BCUT2D eigenvalue weighted by atomic mass is 10.1. The van der Waals surface area contributed by atoms with E-state index >= 15 is 0 Å². The molecule has 0 aliphatic carbocycles. The molecule has 1 amide bonds. The minimum Gasteiger partial charge on any atom is -0.379 e. The molecule has 9 nitrogen and oxygen atoms in total. The number of amides is 1. The first kappa shape index (κ1) is 21.2. The van der Waals surface area contributed by atoms with E-state index in [2.05, 4.69) is 15.4 Å². The van der Waals surface area contributed by atoms with Crippen LogP contribution in [0.1, 0.15) is 21.5 Å². The first-order valence-electron chi connectivity index (χ1n) is 9.87. The van der Waals surface area contributed by atoms with E-state index < -0.39 is 10.0 Å². The van der Waals surface area contributed by atoms with Gasteiger partial charge in [0.1, 0.15) is 0 Å². The molecule has 3 aromatic rings. The van der Waals surface area contributed by atoms with Crippen LogP contribution in [0.5, 0.6) is 0 Å². The third-order valence-corrected chi connectivity index (χ3v) is 6.96. The first-order chi connectivity index (χ1) is 14.9. The number of sulfonamides is 1. The number of carbonyl (C=O) groups is 1. The van der Waals surface area contributed by atoms with E-state index in [4.69, 9.17) is 4.74 Å². The number of nitrogens with one attached hydrogen (secondary N) is 1. The van der Waals surface area contributed by atoms with Gasteiger partial charge in [0.15, 0.2) is 5.82 Å². The standard InChI is InChI=1S/C21H23N5O4S/c1-16-3-5-18(31(28,29)25-9-11-30-12-10-25)13-19(16)21(27)23-15-17-4-6-20(22-14-17)26-8-2-7-24-26/h2-8,13-14H,9-12,15H2,1H3,(H,23,27). The van der Waals surface area contributed by atoms with Crippen LogP contribution in [-0.4, -0.2) is 59.7 Å². The van der Waals surface area contributed by atoms with Crippen molar-refractivity contribution in [3.63, 3.8) is 0 Å². The lowest BCUT2D eigenvalue weighted by molar-refractivity contribution is 0.0730. The number of benzene rings is 1. The molecule has 1 N–H and O–H groups in total. The predicted octanol–water partition coefficient (Wildman–Crippen LogP) is 1.53. The van der Waals surface area contributed by atoms with Gasteiger partial charge in [0.25, 0.3) is 5.91 Å². The molecule has 0 bridgehead atoms. The zero-order chi connectivity index (χ0) is 21.8. The molecule has 162 valence electrons. The van der Waals surface area contributed by atoms with Gasteiger partial charge in [-0.1, -0.05) is 12.1 Å². The lowest BCUT2D eigenvalue weighted by Crippen LogP contribution is -2.40. The SMILES string of the molecule is Cc1ccc(S(=O)(=O)N2CCOCC2)cc1C(=O)NCc1ccc(-n2cccn2)nc1. The van der Waals surface area contributed by atoms with Crippen LogP contribution in [0.4, 0.5) is 0 Å². The van der Waals surface area contributed by atoms with Crippen LogP contribution in [0.15, 0.2) is 59.9 Å². The van der Waals surface area contributed by atoms with Crippen LogP contribution in [0.2, 0.25) is 0 Å². The Bertz CT molecular complexity index is 1150. The molecule has 3 heterocycles. The fourth-order valence-electron chi connectivity index (χ4n) is 3.28. The zero-order valence-corrected chi connectivity index (χ0v) is 17.9. The number of morpholine rings is 1. The summed E-state index contributed by atoms with van der Waals surface area (Å²) in [5, 5.41) is 6.97. The highest BCUT2D eigenvalue weighted by Crippen LogP contribution is 2.20. The van der Waals surface area contributed by atoms with E-state index in [1.807, 2.05) is 18.2 Å². The van der Waals surface area contributed by atoms with Crippen molar-refractivity contribution in [3.05, 3.63) is 71.7 Å². The van der Waals surface area contributed by atoms with Gasteiger partial charge in [-0.15, -0.1) is 0 Å². The molecule has 1 aliphatic rings. The molecule has 1 saturated heterocycles. The Morgan fingerprint density at radius 3 is 2.68 bits per heavy atom. The second-order valence-corrected chi connectivity index (χ2v) is 9.09. The molecule has 0 radical (unpaired) electrons. The molecule has 1 fully saturated rings. The van der Waals surface area contributed by atoms with Gasteiger partial charge >= 0.3 is 0 Å². The van der Waals surface area contributed by atoms with Crippen molar-refractivity contribution in [3.8, 4) is 5.82 Å². The molecule has 0 saturated carbocycles. The van der Waals surface area contributed by atoms with Gasteiger partial charge < -0.3 is 10.1 Å². The molecule has 4 rings (SSSR count). The fourth-order valence-corrected chi connectivity index (χ4v) is 4.72. The number of rotatable bonds is 6. The quantitative estimate of drug-likeness (QED) is 0.622. The average molecular weight is 442 g/mol. The summed E-state index contributed by atoms with van der Waals surface area (Å²) in [5.74, 6) is 0.338. The van der Waals surface area contributed by atoms with E-state index in [1.165, 1.54) is 16.4 Å². The van der Waals surface area contributed by atoms with Crippen LogP contribution in [0.3, 0.4) is 0 Å². The highest BCUT2D eigenvalue weighted by Gasteiger charge is 2.27. The Hall–Kier alpha value is -3.08. The molecule has 0 unspecified atom stereocenters. The number of nitrogens with zero attached hydrogens (tertiary/aromatic N) is 4. The van der Waals surface area contributed by atoms with Gasteiger partial charge in [-0.3, -0.25) is 4.79 Å². The summed E-state index contributed by atoms with van der Waals surface area (Å²) >= 11 is 0. The largest absolute Gasteiger partial charge is 0.379 e. The molecule has 0 atom stereocenters. The number of ether oxygens (including phenoxy) is 1. The monoisotopic (exact) mass is 441 g/mol. The second kappa shape index (κ2) is 8.96. The Morgan fingerprint density at radius 1 is 1.19 bits per heavy atom. The number of carbonyl (C=O) groups excluding carboxylic acids is 1. The summed E-state index contributed by atoms with van der Waals surface area (Å²) in [4.78, 5) is 17.2. The van der Waals surface area contributed by atoms with Crippen molar-refractivity contribution in [1.29, 1.82) is 0 Å². The van der Waals surface area contributed by atoms with E-state index in [1.54, 1.807) is 36.3 Å². The Labute approximate surface area is 180 Å². The van der Waals surface area contributed by atoms with Crippen LogP contribution >= 0.6 is 0 Å². The van der Waals surface area contributed by atoms with Crippen molar-refractivity contribution >= 4 is 15.9 Å². The number of aromatic nitrogens is 3. The van der Waals surface area contributed by atoms with Gasteiger partial charge in [-0.2, -0.15) is 9.40 Å². The van der Waals surface area contributed by atoms with Crippen molar-refractivity contribution in [1.82, 2.24) is 24.4 Å². The fraction of sp³-hybridized carbons (Fsp3) is 0.286. The van der Waals surface area contributed by atoms with Crippen LogP contribution in [0, 0.1) is 6.92 Å². The molecule has 0 spiro atoms. The van der Waals surface area contributed by atoms with Crippen molar-refractivity contribution in [2.24, 2.45) is 0 Å². The molecule has 1 aromatic carbocycles. The zero-order valence-electron chi connectivity index (χ0n) is 17.1. The highest BCUT2D eigenvalue weighted by atomic mass is 32.2. The molecule has 2 aromatic heterocycles. The molecule has 31 heavy (non-hydrogen) atoms. The van der Waals surface area contributed by atoms with E-state index in [9.17, 15) is 13.2 Å². The maximum atomic E-state index is 12.9. The van der Waals surface area contributed by atoms with Gasteiger partial charge in [0.05, 0.1) is 18.1 Å². The van der Waals surface area contributed by atoms with Gasteiger partial charge in [0, 0.05) is 43.8 Å². The number of pyridine rings is 1. The van der Waals surface area contributed by atoms with E-state index in [-0.39, 0.29) is 17.3 Å². The molecular formula is C21H23N5O4S. The first-order valence-corrected chi connectivity index (χ1v) is 11.3. The predicted molar refractivity (Wildman–Crippen MR) is 113 cm³/mol.